The molecule has 0 saturated heterocycles. The maximum atomic E-state index is 11.8. The van der Waals surface area contributed by atoms with Gasteiger partial charge < -0.3 is 5.11 Å². The molecule has 1 aromatic carbocycles. The summed E-state index contributed by atoms with van der Waals surface area (Å²) in [5, 5.41) is 14.4. The van der Waals surface area contributed by atoms with Crippen LogP contribution in [0, 0.1) is 6.92 Å². The van der Waals surface area contributed by atoms with Crippen LogP contribution in [0.15, 0.2) is 41.0 Å². The molecule has 3 aromatic rings. The van der Waals surface area contributed by atoms with Crippen molar-refractivity contribution >= 4 is 27.4 Å². The molecular formula is C19H19BrN2O2. The fraction of sp³-hybridized carbons (Fsp3) is 0.263. The number of nitrogens with zero attached hydrogens (tertiary/aromatic N) is 2. The van der Waals surface area contributed by atoms with Gasteiger partial charge >= 0.3 is 5.97 Å². The maximum absolute atomic E-state index is 11.8. The summed E-state index contributed by atoms with van der Waals surface area (Å²) in [6.45, 7) is 3.97. The predicted molar refractivity (Wildman–Crippen MR) is 98.6 cm³/mol. The van der Waals surface area contributed by atoms with Gasteiger partial charge in [-0.2, -0.15) is 5.10 Å². The molecule has 0 bridgehead atoms. The number of pyridine rings is 1. The van der Waals surface area contributed by atoms with Gasteiger partial charge in [0.1, 0.15) is 0 Å². The van der Waals surface area contributed by atoms with Gasteiger partial charge in [-0.3, -0.25) is 0 Å². The molecule has 0 aliphatic heterocycles. The topological polar surface area (TPSA) is 54.6 Å². The maximum Gasteiger partial charge on any atom is 0.338 e. The van der Waals surface area contributed by atoms with Crippen LogP contribution >= 0.6 is 15.9 Å². The quantitative estimate of drug-likeness (QED) is 0.662. The molecule has 1 N–H and O–H groups in total. The minimum absolute atomic E-state index is 0.325. The van der Waals surface area contributed by atoms with Gasteiger partial charge in [-0.1, -0.05) is 41.4 Å². The van der Waals surface area contributed by atoms with Crippen molar-refractivity contribution in [3.05, 3.63) is 57.8 Å². The van der Waals surface area contributed by atoms with Gasteiger partial charge in [0.05, 0.1) is 16.8 Å². The summed E-state index contributed by atoms with van der Waals surface area (Å²) >= 11 is 3.45. The van der Waals surface area contributed by atoms with E-state index in [9.17, 15) is 9.90 Å². The van der Waals surface area contributed by atoms with Crippen molar-refractivity contribution in [3.63, 3.8) is 0 Å². The Kier molecular flexibility index (Phi) is 4.71. The van der Waals surface area contributed by atoms with Crippen LogP contribution in [-0.2, 0) is 6.42 Å². The molecule has 4 nitrogen and oxygen atoms in total. The van der Waals surface area contributed by atoms with Crippen LogP contribution in [0.4, 0.5) is 0 Å². The van der Waals surface area contributed by atoms with E-state index in [0.29, 0.717) is 11.1 Å². The number of aromatic nitrogens is 2. The normalized spacial score (nSPS) is 11.1. The lowest BCUT2D eigenvalue weighted by atomic mass is 9.98. The zero-order valence-corrected chi connectivity index (χ0v) is 15.3. The highest BCUT2D eigenvalue weighted by Gasteiger charge is 2.21. The van der Waals surface area contributed by atoms with E-state index in [1.54, 1.807) is 10.6 Å². The molecule has 3 rings (SSSR count). The SMILES string of the molecule is CCCCc1nn2ccc(C)c(C(=O)O)c2c1-c1ccc(Br)cc1. The van der Waals surface area contributed by atoms with Gasteiger partial charge in [0.2, 0.25) is 0 Å². The zero-order valence-electron chi connectivity index (χ0n) is 13.7. The van der Waals surface area contributed by atoms with E-state index in [1.165, 1.54) is 0 Å². The van der Waals surface area contributed by atoms with E-state index in [4.69, 9.17) is 0 Å². The molecule has 124 valence electrons. The summed E-state index contributed by atoms with van der Waals surface area (Å²) < 4.78 is 2.70. The lowest BCUT2D eigenvalue weighted by Gasteiger charge is -2.07. The molecule has 0 fully saturated rings. The number of halogens is 1. The van der Waals surface area contributed by atoms with E-state index in [2.05, 4.69) is 28.0 Å². The first-order valence-corrected chi connectivity index (χ1v) is 8.82. The number of hydrogen-bond donors (Lipinski definition) is 1. The minimum Gasteiger partial charge on any atom is -0.478 e. The lowest BCUT2D eigenvalue weighted by Crippen LogP contribution is -2.04. The Morgan fingerprint density at radius 2 is 1.96 bits per heavy atom. The van der Waals surface area contributed by atoms with Gasteiger partial charge in [-0.05, 0) is 49.1 Å². The summed E-state index contributed by atoms with van der Waals surface area (Å²) in [7, 11) is 0. The highest BCUT2D eigenvalue weighted by molar-refractivity contribution is 9.10. The molecule has 0 radical (unpaired) electrons. The number of hydrogen-bond acceptors (Lipinski definition) is 2. The summed E-state index contributed by atoms with van der Waals surface area (Å²) in [6.07, 6.45) is 4.77. The predicted octanol–water partition coefficient (Wildman–Crippen LogP) is 5.11. The van der Waals surface area contributed by atoms with E-state index in [0.717, 1.165) is 46.1 Å². The smallest absolute Gasteiger partial charge is 0.338 e. The summed E-state index contributed by atoms with van der Waals surface area (Å²) in [5.74, 6) is -0.918. The number of unbranched alkanes of at least 4 members (excludes halogenated alkanes) is 1. The lowest BCUT2D eigenvalue weighted by molar-refractivity contribution is 0.0698. The largest absolute Gasteiger partial charge is 0.478 e. The van der Waals surface area contributed by atoms with Crippen molar-refractivity contribution in [2.75, 3.05) is 0 Å². The Labute approximate surface area is 149 Å². The molecule has 2 aromatic heterocycles. The van der Waals surface area contributed by atoms with Crippen LogP contribution in [0.5, 0.6) is 0 Å². The number of fused-ring (bicyclic) bond motifs is 1. The number of carboxylic acid groups (broad SMARTS) is 1. The Hall–Kier alpha value is -2.14. The van der Waals surface area contributed by atoms with Crippen molar-refractivity contribution in [1.82, 2.24) is 9.61 Å². The van der Waals surface area contributed by atoms with Crippen LogP contribution in [0.25, 0.3) is 16.6 Å². The second-order valence-corrected chi connectivity index (χ2v) is 6.82. The highest BCUT2D eigenvalue weighted by atomic mass is 79.9. The molecule has 5 heteroatoms. The Morgan fingerprint density at radius 1 is 1.25 bits per heavy atom. The average Bonchev–Trinajstić information content (AvgIpc) is 2.91. The molecule has 0 spiro atoms. The number of carbonyl (C=O) groups is 1. The average molecular weight is 387 g/mol. The molecular weight excluding hydrogens is 368 g/mol. The van der Waals surface area contributed by atoms with Gasteiger partial charge in [-0.25, -0.2) is 9.31 Å². The summed E-state index contributed by atoms with van der Waals surface area (Å²) in [4.78, 5) is 11.8. The molecule has 0 saturated carbocycles. The van der Waals surface area contributed by atoms with Crippen molar-refractivity contribution < 1.29 is 9.90 Å². The monoisotopic (exact) mass is 386 g/mol. The van der Waals surface area contributed by atoms with E-state index in [1.807, 2.05) is 37.4 Å². The number of benzene rings is 1. The molecule has 2 heterocycles. The van der Waals surface area contributed by atoms with Gasteiger partial charge in [-0.15, -0.1) is 0 Å². The van der Waals surface area contributed by atoms with E-state index < -0.39 is 5.97 Å². The van der Waals surface area contributed by atoms with Crippen molar-refractivity contribution in [3.8, 4) is 11.1 Å². The second kappa shape index (κ2) is 6.77. The van der Waals surface area contributed by atoms with E-state index >= 15 is 0 Å². The number of rotatable bonds is 5. The van der Waals surface area contributed by atoms with Gasteiger partial charge in [0.25, 0.3) is 0 Å². The standard InChI is InChI=1S/C19H19BrN2O2/c1-3-4-5-15-17(13-6-8-14(20)9-7-13)18-16(19(23)24)12(2)10-11-22(18)21-15/h6-11H,3-5H2,1-2H3,(H,23,24). The molecule has 0 unspecified atom stereocenters. The van der Waals surface area contributed by atoms with Crippen LogP contribution < -0.4 is 0 Å². The third kappa shape index (κ3) is 2.96. The Balaban J connectivity index is 2.35. The molecule has 0 atom stereocenters. The number of aromatic carboxylic acids is 1. The third-order valence-electron chi connectivity index (χ3n) is 4.19. The molecule has 0 amide bonds. The zero-order chi connectivity index (χ0) is 17.3. The molecule has 0 aliphatic carbocycles. The van der Waals surface area contributed by atoms with Crippen LogP contribution in [0.2, 0.25) is 0 Å². The first-order chi connectivity index (χ1) is 11.5. The van der Waals surface area contributed by atoms with Crippen molar-refractivity contribution in [1.29, 1.82) is 0 Å². The van der Waals surface area contributed by atoms with E-state index in [-0.39, 0.29) is 0 Å². The first kappa shape index (κ1) is 16.7. The van der Waals surface area contributed by atoms with Gasteiger partial charge in [0, 0.05) is 16.2 Å². The Morgan fingerprint density at radius 3 is 2.58 bits per heavy atom. The fourth-order valence-electron chi connectivity index (χ4n) is 2.99. The molecule has 24 heavy (non-hydrogen) atoms. The second-order valence-electron chi connectivity index (χ2n) is 5.90. The van der Waals surface area contributed by atoms with Crippen molar-refractivity contribution in [2.45, 2.75) is 33.1 Å². The first-order valence-electron chi connectivity index (χ1n) is 8.03. The summed E-state index contributed by atoms with van der Waals surface area (Å²) in [5.41, 5.74) is 4.62. The number of aryl methyl sites for hydroxylation is 2. The van der Waals surface area contributed by atoms with Gasteiger partial charge in [0.15, 0.2) is 0 Å². The van der Waals surface area contributed by atoms with Crippen LogP contribution in [-0.4, -0.2) is 20.7 Å². The van der Waals surface area contributed by atoms with Crippen LogP contribution in [0.3, 0.4) is 0 Å². The third-order valence-corrected chi connectivity index (χ3v) is 4.72. The Bertz CT molecular complexity index is 898. The highest BCUT2D eigenvalue weighted by Crippen LogP contribution is 2.33. The minimum atomic E-state index is -0.918. The number of carboxylic acids is 1. The van der Waals surface area contributed by atoms with Crippen molar-refractivity contribution in [2.24, 2.45) is 0 Å². The fourth-order valence-corrected chi connectivity index (χ4v) is 3.25. The van der Waals surface area contributed by atoms with Crippen LogP contribution in [0.1, 0.15) is 41.4 Å². The summed E-state index contributed by atoms with van der Waals surface area (Å²) in [6, 6.07) is 9.75. The molecule has 0 aliphatic rings.